The molecule has 7 nitrogen and oxygen atoms in total. The number of aryl methyl sites for hydroxylation is 2. The lowest BCUT2D eigenvalue weighted by Crippen LogP contribution is -2.40. The summed E-state index contributed by atoms with van der Waals surface area (Å²) in [5.74, 6) is -1.72. The van der Waals surface area contributed by atoms with Crippen molar-refractivity contribution in [1.82, 2.24) is 4.31 Å². The Labute approximate surface area is 210 Å². The normalized spacial score (nSPS) is 11.6. The molecule has 3 aromatic carbocycles. The number of nitrogens with zero attached hydrogens (tertiary/aromatic N) is 2. The summed E-state index contributed by atoms with van der Waals surface area (Å²) in [6.45, 7) is 4.42. The zero-order valence-corrected chi connectivity index (χ0v) is 21.2. The molecule has 0 bridgehead atoms. The fourth-order valence-corrected chi connectivity index (χ4v) is 5.89. The number of pyridine rings is 1. The number of benzene rings is 3. The number of aromatic nitrogens is 1. The van der Waals surface area contributed by atoms with Gasteiger partial charge in [-0.05, 0) is 37.6 Å². The number of carbonyl (C=O) groups is 2. The third-order valence-corrected chi connectivity index (χ3v) is 7.97. The van der Waals surface area contributed by atoms with E-state index >= 15 is 0 Å². The number of para-hydroxylation sites is 2. The monoisotopic (exact) mass is 505 g/mol. The number of carboxylic acid groups (broad SMARTS) is 1. The van der Waals surface area contributed by atoms with E-state index in [1.165, 1.54) is 12.1 Å². The molecule has 8 heteroatoms. The number of hydrogen-bond acceptors (Lipinski definition) is 4. The Morgan fingerprint density at radius 1 is 0.889 bits per heavy atom. The molecule has 4 rings (SSSR count). The van der Waals surface area contributed by atoms with Crippen LogP contribution in [0.3, 0.4) is 0 Å². The van der Waals surface area contributed by atoms with E-state index in [4.69, 9.17) is 5.11 Å². The molecule has 1 heterocycles. The van der Waals surface area contributed by atoms with Gasteiger partial charge in [0.2, 0.25) is 11.0 Å². The highest BCUT2D eigenvalue weighted by Gasteiger charge is 2.34. The Morgan fingerprint density at radius 2 is 1.44 bits per heavy atom. The molecule has 1 N–H and O–H groups in total. The van der Waals surface area contributed by atoms with Crippen molar-refractivity contribution in [1.29, 1.82) is 0 Å². The summed E-state index contributed by atoms with van der Waals surface area (Å²) in [6, 6.07) is 21.2. The highest BCUT2D eigenvalue weighted by atomic mass is 32.2. The second-order valence-electron chi connectivity index (χ2n) is 8.75. The Bertz CT molecular complexity index is 1490. The molecule has 0 spiro atoms. The standard InChI is InChI=1S/C28H28N2O5S/c1-3-18-29-24-11-6-4-9-22(24)27(23-10-5-7-12-25(23)29)28(33)30(19-8-13-26(31)32)36(34,35)21-16-14-20(2)15-17-21/h4-7,9-12,14-17H,3,8,13,18-19H2,1-2H3/p+1. The summed E-state index contributed by atoms with van der Waals surface area (Å²) in [4.78, 5) is 25.4. The Balaban J connectivity index is 1.95. The van der Waals surface area contributed by atoms with Gasteiger partial charge in [0, 0.05) is 31.5 Å². The first-order valence-electron chi connectivity index (χ1n) is 11.9. The van der Waals surface area contributed by atoms with Crippen molar-refractivity contribution < 1.29 is 27.7 Å². The zero-order chi connectivity index (χ0) is 25.9. The topological polar surface area (TPSA) is 95.6 Å². The van der Waals surface area contributed by atoms with Gasteiger partial charge in [-0.2, -0.15) is 4.57 Å². The lowest BCUT2D eigenvalue weighted by Gasteiger charge is -2.24. The van der Waals surface area contributed by atoms with Crippen LogP contribution in [0.1, 0.15) is 42.1 Å². The van der Waals surface area contributed by atoms with Gasteiger partial charge < -0.3 is 5.11 Å². The minimum Gasteiger partial charge on any atom is -0.481 e. The van der Waals surface area contributed by atoms with Crippen molar-refractivity contribution in [3.05, 3.63) is 83.9 Å². The SMILES string of the molecule is CCC[n+]1c2ccccc2c(C(=O)N(CCCC(=O)O)S(=O)(=O)c2ccc(C)cc2)c2ccccc21. The van der Waals surface area contributed by atoms with Crippen LogP contribution >= 0.6 is 0 Å². The first-order chi connectivity index (χ1) is 17.3. The van der Waals surface area contributed by atoms with E-state index in [-0.39, 0.29) is 24.3 Å². The van der Waals surface area contributed by atoms with Crippen molar-refractivity contribution in [3.8, 4) is 0 Å². The molecule has 1 amide bonds. The summed E-state index contributed by atoms with van der Waals surface area (Å²) in [5, 5.41) is 10.4. The first-order valence-corrected chi connectivity index (χ1v) is 13.4. The molecule has 36 heavy (non-hydrogen) atoms. The predicted octanol–water partition coefficient (Wildman–Crippen LogP) is 4.69. The van der Waals surface area contributed by atoms with Gasteiger partial charge in [0.1, 0.15) is 6.54 Å². The number of sulfonamides is 1. The fourth-order valence-electron chi connectivity index (χ4n) is 4.48. The minimum atomic E-state index is -4.24. The molecule has 186 valence electrons. The van der Waals surface area contributed by atoms with Crippen LogP contribution in [-0.2, 0) is 21.4 Å². The number of rotatable bonds is 9. The average Bonchev–Trinajstić information content (AvgIpc) is 2.86. The second kappa shape index (κ2) is 10.5. The molecule has 0 aliphatic heterocycles. The number of fused-ring (bicyclic) bond motifs is 2. The molecule has 0 atom stereocenters. The third kappa shape index (κ3) is 4.81. The quantitative estimate of drug-likeness (QED) is 0.263. The van der Waals surface area contributed by atoms with Gasteiger partial charge in [0.15, 0.2) is 0 Å². The van der Waals surface area contributed by atoms with E-state index < -0.39 is 21.9 Å². The largest absolute Gasteiger partial charge is 0.481 e. The van der Waals surface area contributed by atoms with E-state index in [1.54, 1.807) is 12.1 Å². The maximum Gasteiger partial charge on any atom is 0.303 e. The van der Waals surface area contributed by atoms with Crippen molar-refractivity contribution in [2.75, 3.05) is 6.54 Å². The zero-order valence-electron chi connectivity index (χ0n) is 20.3. The fraction of sp³-hybridized carbons (Fsp3) is 0.250. The molecule has 0 saturated carbocycles. The predicted molar refractivity (Wildman–Crippen MR) is 138 cm³/mol. The number of carboxylic acids is 1. The molecular formula is C28H29N2O5S+. The van der Waals surface area contributed by atoms with Gasteiger partial charge in [-0.25, -0.2) is 12.7 Å². The van der Waals surface area contributed by atoms with Crippen LogP contribution in [0.4, 0.5) is 0 Å². The maximum absolute atomic E-state index is 14.2. The van der Waals surface area contributed by atoms with Gasteiger partial charge in [-0.3, -0.25) is 9.59 Å². The molecule has 0 unspecified atom stereocenters. The van der Waals surface area contributed by atoms with Gasteiger partial charge in [0.25, 0.3) is 15.9 Å². The Morgan fingerprint density at radius 3 is 1.97 bits per heavy atom. The molecule has 0 aliphatic rings. The Hall–Kier alpha value is -3.78. The van der Waals surface area contributed by atoms with Gasteiger partial charge in [0.05, 0.1) is 21.2 Å². The molecule has 1 aromatic heterocycles. The maximum atomic E-state index is 14.2. The van der Waals surface area contributed by atoms with Crippen molar-refractivity contribution in [2.24, 2.45) is 0 Å². The van der Waals surface area contributed by atoms with Crippen LogP contribution in [0.15, 0.2) is 77.7 Å². The van der Waals surface area contributed by atoms with Crippen LogP contribution in [0.25, 0.3) is 21.8 Å². The number of hydrogen-bond donors (Lipinski definition) is 1. The van der Waals surface area contributed by atoms with Crippen LogP contribution in [0, 0.1) is 6.92 Å². The lowest BCUT2D eigenvalue weighted by atomic mass is 10.0. The summed E-state index contributed by atoms with van der Waals surface area (Å²) in [7, 11) is -4.24. The molecule has 0 radical (unpaired) electrons. The summed E-state index contributed by atoms with van der Waals surface area (Å²) >= 11 is 0. The summed E-state index contributed by atoms with van der Waals surface area (Å²) < 4.78 is 30.4. The molecule has 0 aliphatic carbocycles. The van der Waals surface area contributed by atoms with E-state index in [1.807, 2.05) is 55.5 Å². The molecule has 4 aromatic rings. The number of carbonyl (C=O) groups excluding carboxylic acids is 1. The molecular weight excluding hydrogens is 476 g/mol. The van der Waals surface area contributed by atoms with E-state index in [2.05, 4.69) is 11.5 Å². The van der Waals surface area contributed by atoms with Crippen LogP contribution in [0.2, 0.25) is 0 Å². The van der Waals surface area contributed by atoms with E-state index in [0.29, 0.717) is 16.3 Å². The van der Waals surface area contributed by atoms with Crippen LogP contribution < -0.4 is 4.57 Å². The van der Waals surface area contributed by atoms with E-state index in [9.17, 15) is 18.0 Å². The van der Waals surface area contributed by atoms with Crippen molar-refractivity contribution in [3.63, 3.8) is 0 Å². The smallest absolute Gasteiger partial charge is 0.303 e. The highest BCUT2D eigenvalue weighted by molar-refractivity contribution is 7.89. The summed E-state index contributed by atoms with van der Waals surface area (Å²) in [5.41, 5.74) is 2.84. The van der Waals surface area contributed by atoms with Crippen LogP contribution in [0.5, 0.6) is 0 Å². The minimum absolute atomic E-state index is 0.00466. The Kier molecular flexibility index (Phi) is 7.35. The number of aliphatic carboxylic acids is 1. The third-order valence-electron chi connectivity index (χ3n) is 6.18. The van der Waals surface area contributed by atoms with Gasteiger partial charge in [-0.15, -0.1) is 0 Å². The average molecular weight is 506 g/mol. The highest BCUT2D eigenvalue weighted by Crippen LogP contribution is 2.29. The molecule has 0 fully saturated rings. The van der Waals surface area contributed by atoms with Gasteiger partial charge in [-0.1, -0.05) is 48.9 Å². The molecule has 0 saturated heterocycles. The van der Waals surface area contributed by atoms with Crippen LogP contribution in [-0.4, -0.2) is 36.3 Å². The number of amides is 1. The first kappa shape index (κ1) is 25.3. The summed E-state index contributed by atoms with van der Waals surface area (Å²) in [6.07, 6.45) is 0.639. The van der Waals surface area contributed by atoms with Crippen molar-refractivity contribution >= 4 is 43.7 Å². The van der Waals surface area contributed by atoms with Gasteiger partial charge >= 0.3 is 5.97 Å². The lowest BCUT2D eigenvalue weighted by molar-refractivity contribution is -0.645. The van der Waals surface area contributed by atoms with Crippen molar-refractivity contribution in [2.45, 2.75) is 44.6 Å². The van der Waals surface area contributed by atoms with E-state index in [0.717, 1.165) is 33.9 Å². The second-order valence-corrected chi connectivity index (χ2v) is 10.6.